The second-order valence-corrected chi connectivity index (χ2v) is 5.17. The summed E-state index contributed by atoms with van der Waals surface area (Å²) in [7, 11) is 0. The second-order valence-electron chi connectivity index (χ2n) is 5.17. The molecule has 3 heteroatoms. The van der Waals surface area contributed by atoms with Crippen LogP contribution in [-0.2, 0) is 0 Å². The molecule has 17 heavy (non-hydrogen) atoms. The molecule has 0 spiro atoms. The lowest BCUT2D eigenvalue weighted by Gasteiger charge is -2.39. The van der Waals surface area contributed by atoms with Gasteiger partial charge in [0.05, 0.1) is 23.7 Å². The largest absolute Gasteiger partial charge is 0.387 e. The minimum atomic E-state index is -0.484. The molecule has 1 aromatic heterocycles. The van der Waals surface area contributed by atoms with Crippen molar-refractivity contribution in [2.24, 2.45) is 5.92 Å². The Balaban J connectivity index is 2.16. The lowest BCUT2D eigenvalue weighted by molar-refractivity contribution is 0.194. The summed E-state index contributed by atoms with van der Waals surface area (Å²) in [5, 5.41) is 9.44. The first-order valence-corrected chi connectivity index (χ1v) is 6.50. The van der Waals surface area contributed by atoms with Gasteiger partial charge >= 0.3 is 0 Å². The van der Waals surface area contributed by atoms with E-state index in [1.807, 2.05) is 12.3 Å². The van der Waals surface area contributed by atoms with Gasteiger partial charge in [-0.05, 0) is 44.7 Å². The number of aromatic nitrogens is 1. The van der Waals surface area contributed by atoms with E-state index in [1.165, 1.54) is 18.5 Å². The molecule has 0 amide bonds. The smallest absolute Gasteiger partial charge is 0.0931 e. The van der Waals surface area contributed by atoms with Gasteiger partial charge in [-0.3, -0.25) is 4.98 Å². The van der Waals surface area contributed by atoms with E-state index >= 15 is 0 Å². The molecule has 2 unspecified atom stereocenters. The minimum Gasteiger partial charge on any atom is -0.387 e. The number of pyridine rings is 1. The van der Waals surface area contributed by atoms with Crippen molar-refractivity contribution in [2.45, 2.75) is 45.8 Å². The Morgan fingerprint density at radius 3 is 2.76 bits per heavy atom. The van der Waals surface area contributed by atoms with Crippen LogP contribution in [0.3, 0.4) is 0 Å². The third-order valence-electron chi connectivity index (χ3n) is 3.90. The van der Waals surface area contributed by atoms with Crippen molar-refractivity contribution in [3.05, 3.63) is 24.0 Å². The molecular formula is C14H22N2O. The Morgan fingerprint density at radius 2 is 2.18 bits per heavy atom. The average Bonchev–Trinajstić information content (AvgIpc) is 2.33. The van der Waals surface area contributed by atoms with Gasteiger partial charge in [0.25, 0.3) is 0 Å². The fraction of sp³-hybridized carbons (Fsp3) is 0.643. The molecule has 2 rings (SSSR count). The van der Waals surface area contributed by atoms with Crippen LogP contribution >= 0.6 is 0 Å². The number of anilines is 1. The predicted octanol–water partition coefficient (Wildman–Crippen LogP) is 2.76. The van der Waals surface area contributed by atoms with Crippen molar-refractivity contribution in [1.29, 1.82) is 0 Å². The maximum atomic E-state index is 9.44. The molecule has 2 heterocycles. The van der Waals surface area contributed by atoms with Crippen molar-refractivity contribution < 1.29 is 5.11 Å². The highest BCUT2D eigenvalue weighted by molar-refractivity contribution is 5.46. The Kier molecular flexibility index (Phi) is 3.67. The summed E-state index contributed by atoms with van der Waals surface area (Å²) in [6.07, 6.45) is 3.97. The fourth-order valence-corrected chi connectivity index (χ4v) is 2.51. The van der Waals surface area contributed by atoms with Gasteiger partial charge in [-0.1, -0.05) is 6.92 Å². The molecular weight excluding hydrogens is 212 g/mol. The summed E-state index contributed by atoms with van der Waals surface area (Å²) in [6.45, 7) is 7.45. The van der Waals surface area contributed by atoms with Crippen LogP contribution in [0.1, 0.15) is 45.4 Å². The molecule has 0 aliphatic carbocycles. The van der Waals surface area contributed by atoms with Gasteiger partial charge in [0.2, 0.25) is 0 Å². The summed E-state index contributed by atoms with van der Waals surface area (Å²) >= 11 is 0. The van der Waals surface area contributed by atoms with Crippen LogP contribution in [-0.4, -0.2) is 22.7 Å². The zero-order valence-corrected chi connectivity index (χ0v) is 10.9. The molecule has 94 valence electrons. The summed E-state index contributed by atoms with van der Waals surface area (Å²) < 4.78 is 0. The number of hydrogen-bond acceptors (Lipinski definition) is 3. The first-order valence-electron chi connectivity index (χ1n) is 6.50. The molecule has 1 aliphatic rings. The monoisotopic (exact) mass is 234 g/mol. The van der Waals surface area contributed by atoms with E-state index in [0.29, 0.717) is 6.04 Å². The minimum absolute atomic E-state index is 0.484. The summed E-state index contributed by atoms with van der Waals surface area (Å²) in [5.74, 6) is 0.736. The highest BCUT2D eigenvalue weighted by atomic mass is 16.3. The maximum absolute atomic E-state index is 9.44. The zero-order chi connectivity index (χ0) is 12.4. The van der Waals surface area contributed by atoms with E-state index in [-0.39, 0.29) is 0 Å². The van der Waals surface area contributed by atoms with Gasteiger partial charge in [0, 0.05) is 12.6 Å². The van der Waals surface area contributed by atoms with Crippen molar-refractivity contribution in [3.8, 4) is 0 Å². The third kappa shape index (κ3) is 2.60. The molecule has 0 bridgehead atoms. The molecule has 1 saturated heterocycles. The summed E-state index contributed by atoms with van der Waals surface area (Å²) in [6, 6.07) is 4.57. The van der Waals surface area contributed by atoms with Crippen LogP contribution in [0.5, 0.6) is 0 Å². The topological polar surface area (TPSA) is 36.4 Å². The van der Waals surface area contributed by atoms with E-state index in [1.54, 1.807) is 6.92 Å². The SMILES string of the molecule is CC1CCCN(c2ccc([C@H](C)O)nc2)C1C. The Labute approximate surface area is 103 Å². The zero-order valence-electron chi connectivity index (χ0n) is 10.9. The Morgan fingerprint density at radius 1 is 1.41 bits per heavy atom. The highest BCUT2D eigenvalue weighted by Crippen LogP contribution is 2.28. The van der Waals surface area contributed by atoms with Gasteiger partial charge in [0.1, 0.15) is 0 Å². The molecule has 1 fully saturated rings. The van der Waals surface area contributed by atoms with E-state index in [0.717, 1.165) is 18.2 Å². The van der Waals surface area contributed by atoms with Crippen LogP contribution in [0.15, 0.2) is 18.3 Å². The lowest BCUT2D eigenvalue weighted by atomic mass is 9.92. The molecule has 0 aromatic carbocycles. The van der Waals surface area contributed by atoms with Gasteiger partial charge in [-0.25, -0.2) is 0 Å². The predicted molar refractivity (Wildman–Crippen MR) is 70.1 cm³/mol. The van der Waals surface area contributed by atoms with Crippen molar-refractivity contribution in [2.75, 3.05) is 11.4 Å². The average molecular weight is 234 g/mol. The second kappa shape index (κ2) is 5.05. The van der Waals surface area contributed by atoms with Crippen molar-refractivity contribution in [1.82, 2.24) is 4.98 Å². The van der Waals surface area contributed by atoms with Gasteiger partial charge < -0.3 is 10.0 Å². The van der Waals surface area contributed by atoms with E-state index < -0.39 is 6.10 Å². The molecule has 1 aliphatic heterocycles. The van der Waals surface area contributed by atoms with Gasteiger partial charge in [-0.15, -0.1) is 0 Å². The van der Waals surface area contributed by atoms with Crippen LogP contribution in [0.2, 0.25) is 0 Å². The number of aliphatic hydroxyl groups excluding tert-OH is 1. The Bertz CT molecular complexity index is 361. The van der Waals surface area contributed by atoms with E-state index in [4.69, 9.17) is 0 Å². The van der Waals surface area contributed by atoms with Gasteiger partial charge in [0.15, 0.2) is 0 Å². The Hall–Kier alpha value is -1.09. The molecule has 3 atom stereocenters. The van der Waals surface area contributed by atoms with Gasteiger partial charge in [-0.2, -0.15) is 0 Å². The molecule has 1 N–H and O–H groups in total. The number of nitrogens with zero attached hydrogens (tertiary/aromatic N) is 2. The number of hydrogen-bond donors (Lipinski definition) is 1. The highest BCUT2D eigenvalue weighted by Gasteiger charge is 2.24. The molecule has 0 saturated carbocycles. The molecule has 3 nitrogen and oxygen atoms in total. The molecule has 0 radical (unpaired) electrons. The van der Waals surface area contributed by atoms with E-state index in [9.17, 15) is 5.11 Å². The number of aliphatic hydroxyl groups is 1. The van der Waals surface area contributed by atoms with Crippen molar-refractivity contribution in [3.63, 3.8) is 0 Å². The van der Waals surface area contributed by atoms with Crippen LogP contribution in [0.4, 0.5) is 5.69 Å². The van der Waals surface area contributed by atoms with Crippen LogP contribution in [0.25, 0.3) is 0 Å². The summed E-state index contributed by atoms with van der Waals surface area (Å²) in [4.78, 5) is 6.74. The van der Waals surface area contributed by atoms with Crippen molar-refractivity contribution >= 4 is 5.69 Å². The summed E-state index contributed by atoms with van der Waals surface area (Å²) in [5.41, 5.74) is 1.92. The quantitative estimate of drug-likeness (QED) is 0.854. The first-order chi connectivity index (χ1) is 8.09. The fourth-order valence-electron chi connectivity index (χ4n) is 2.51. The lowest BCUT2D eigenvalue weighted by Crippen LogP contribution is -2.42. The number of rotatable bonds is 2. The van der Waals surface area contributed by atoms with E-state index in [2.05, 4.69) is 29.8 Å². The first kappa shape index (κ1) is 12.4. The molecule has 1 aromatic rings. The number of piperidine rings is 1. The third-order valence-corrected chi connectivity index (χ3v) is 3.90. The normalized spacial score (nSPS) is 26.9. The standard InChI is InChI=1S/C14H22N2O/c1-10-5-4-8-16(11(10)2)13-6-7-14(12(3)17)15-9-13/h6-7,9-12,17H,4-5,8H2,1-3H3/t10?,11?,12-/m0/s1. The van der Waals surface area contributed by atoms with Crippen LogP contribution in [0, 0.1) is 5.92 Å². The maximum Gasteiger partial charge on any atom is 0.0931 e. The van der Waals surface area contributed by atoms with Crippen LogP contribution < -0.4 is 4.90 Å².